The van der Waals surface area contributed by atoms with Gasteiger partial charge in [0.1, 0.15) is 6.61 Å². The highest BCUT2D eigenvalue weighted by Gasteiger charge is 1.97. The van der Waals surface area contributed by atoms with Crippen molar-refractivity contribution in [3.8, 4) is 5.88 Å². The van der Waals surface area contributed by atoms with Gasteiger partial charge in [-0.3, -0.25) is 0 Å². The van der Waals surface area contributed by atoms with E-state index in [0.717, 1.165) is 12.1 Å². The lowest BCUT2D eigenvalue weighted by Crippen LogP contribution is -2.21. The van der Waals surface area contributed by atoms with Gasteiger partial charge in [-0.05, 0) is 5.56 Å². The predicted octanol–water partition coefficient (Wildman–Crippen LogP) is 2.14. The van der Waals surface area contributed by atoms with Crippen LogP contribution < -0.4 is 10.1 Å². The van der Waals surface area contributed by atoms with Gasteiger partial charge in [-0.1, -0.05) is 32.6 Å². The first-order chi connectivity index (χ1) is 7.22. The molecule has 0 aliphatic heterocycles. The summed E-state index contributed by atoms with van der Waals surface area (Å²) in [6, 6.07) is 4.38. The highest BCUT2D eigenvalue weighted by molar-refractivity contribution is 5.17. The van der Waals surface area contributed by atoms with Crippen molar-refractivity contribution < 1.29 is 4.74 Å². The summed E-state index contributed by atoms with van der Waals surface area (Å²) in [5.74, 6) is 0.642. The van der Waals surface area contributed by atoms with Crippen molar-refractivity contribution >= 4 is 0 Å². The summed E-state index contributed by atoms with van der Waals surface area (Å²) in [7, 11) is 0. The molecule has 1 aromatic rings. The number of rotatable bonds is 6. The molecule has 0 radical (unpaired) electrons. The zero-order valence-electron chi connectivity index (χ0n) is 9.36. The van der Waals surface area contributed by atoms with E-state index >= 15 is 0 Å². The van der Waals surface area contributed by atoms with Crippen molar-refractivity contribution in [3.63, 3.8) is 0 Å². The molecule has 0 saturated heterocycles. The summed E-state index contributed by atoms with van der Waals surface area (Å²) in [6.45, 7) is 9.16. The van der Waals surface area contributed by atoms with Gasteiger partial charge in [0.25, 0.3) is 0 Å². The number of pyridine rings is 1. The van der Waals surface area contributed by atoms with Gasteiger partial charge in [0.2, 0.25) is 5.88 Å². The molecule has 1 heterocycles. The van der Waals surface area contributed by atoms with Gasteiger partial charge >= 0.3 is 0 Å². The standard InChI is InChI=1S/C12H18N2O/c1-4-7-15-12-6-5-11(9-14-12)8-13-10(2)3/h4-6,9-10,13H,1,7-8H2,2-3H3. The summed E-state index contributed by atoms with van der Waals surface area (Å²) >= 11 is 0. The molecule has 0 aliphatic carbocycles. The largest absolute Gasteiger partial charge is 0.473 e. The summed E-state index contributed by atoms with van der Waals surface area (Å²) < 4.78 is 5.29. The highest BCUT2D eigenvalue weighted by Crippen LogP contribution is 2.07. The van der Waals surface area contributed by atoms with Gasteiger partial charge in [-0.25, -0.2) is 4.98 Å². The first-order valence-corrected chi connectivity index (χ1v) is 5.14. The topological polar surface area (TPSA) is 34.1 Å². The van der Waals surface area contributed by atoms with E-state index in [9.17, 15) is 0 Å². The van der Waals surface area contributed by atoms with E-state index in [1.807, 2.05) is 18.3 Å². The van der Waals surface area contributed by atoms with Crippen LogP contribution in [0, 0.1) is 0 Å². The van der Waals surface area contributed by atoms with E-state index in [1.54, 1.807) is 6.08 Å². The van der Waals surface area contributed by atoms with Gasteiger partial charge < -0.3 is 10.1 Å². The molecule has 0 amide bonds. The van der Waals surface area contributed by atoms with Crippen LogP contribution in [0.25, 0.3) is 0 Å². The van der Waals surface area contributed by atoms with Crippen LogP contribution >= 0.6 is 0 Å². The Morgan fingerprint density at radius 1 is 1.53 bits per heavy atom. The zero-order chi connectivity index (χ0) is 11.1. The third-order valence-electron chi connectivity index (χ3n) is 1.86. The first kappa shape index (κ1) is 11.7. The Labute approximate surface area is 91.2 Å². The molecule has 0 atom stereocenters. The second kappa shape index (κ2) is 6.19. The zero-order valence-corrected chi connectivity index (χ0v) is 9.36. The number of aromatic nitrogens is 1. The Morgan fingerprint density at radius 2 is 2.33 bits per heavy atom. The molecule has 82 valence electrons. The maximum Gasteiger partial charge on any atom is 0.213 e. The van der Waals surface area contributed by atoms with Crippen molar-refractivity contribution in [3.05, 3.63) is 36.5 Å². The number of nitrogens with one attached hydrogen (secondary N) is 1. The second-order valence-corrected chi connectivity index (χ2v) is 3.64. The lowest BCUT2D eigenvalue weighted by molar-refractivity contribution is 0.348. The predicted molar refractivity (Wildman–Crippen MR) is 61.9 cm³/mol. The maximum absolute atomic E-state index is 5.29. The molecule has 1 N–H and O–H groups in total. The maximum atomic E-state index is 5.29. The smallest absolute Gasteiger partial charge is 0.213 e. The van der Waals surface area contributed by atoms with Crippen molar-refractivity contribution in [2.75, 3.05) is 6.61 Å². The van der Waals surface area contributed by atoms with E-state index in [-0.39, 0.29) is 0 Å². The average Bonchev–Trinajstić information content (AvgIpc) is 2.25. The fraction of sp³-hybridized carbons (Fsp3) is 0.417. The molecule has 0 saturated carbocycles. The van der Waals surface area contributed by atoms with Gasteiger partial charge in [-0.15, -0.1) is 0 Å². The van der Waals surface area contributed by atoms with E-state index in [4.69, 9.17) is 4.74 Å². The van der Waals surface area contributed by atoms with E-state index in [2.05, 4.69) is 30.7 Å². The minimum atomic E-state index is 0.488. The van der Waals surface area contributed by atoms with Crippen LogP contribution in [0.15, 0.2) is 31.0 Å². The first-order valence-electron chi connectivity index (χ1n) is 5.14. The minimum Gasteiger partial charge on any atom is -0.473 e. The minimum absolute atomic E-state index is 0.488. The highest BCUT2D eigenvalue weighted by atomic mass is 16.5. The molecule has 0 unspecified atom stereocenters. The quantitative estimate of drug-likeness (QED) is 0.724. The number of hydrogen-bond donors (Lipinski definition) is 1. The van der Waals surface area contributed by atoms with Crippen molar-refractivity contribution in [1.82, 2.24) is 10.3 Å². The van der Waals surface area contributed by atoms with E-state index < -0.39 is 0 Å². The lowest BCUT2D eigenvalue weighted by atomic mass is 10.2. The molecule has 3 nitrogen and oxygen atoms in total. The van der Waals surface area contributed by atoms with Gasteiger partial charge in [0.15, 0.2) is 0 Å². The van der Waals surface area contributed by atoms with Crippen LogP contribution in [0.1, 0.15) is 19.4 Å². The third-order valence-corrected chi connectivity index (χ3v) is 1.86. The molecule has 0 spiro atoms. The molecule has 15 heavy (non-hydrogen) atoms. The third kappa shape index (κ3) is 4.61. The molecular formula is C12H18N2O. The number of hydrogen-bond acceptors (Lipinski definition) is 3. The van der Waals surface area contributed by atoms with E-state index in [1.165, 1.54) is 0 Å². The molecule has 1 rings (SSSR count). The number of nitrogens with zero attached hydrogens (tertiary/aromatic N) is 1. The second-order valence-electron chi connectivity index (χ2n) is 3.64. The Morgan fingerprint density at radius 3 is 2.87 bits per heavy atom. The Bertz CT molecular complexity index is 293. The monoisotopic (exact) mass is 206 g/mol. The molecule has 0 bridgehead atoms. The fourth-order valence-corrected chi connectivity index (χ4v) is 1.07. The van der Waals surface area contributed by atoms with Crippen molar-refractivity contribution in [2.45, 2.75) is 26.4 Å². The summed E-state index contributed by atoms with van der Waals surface area (Å²) in [5.41, 5.74) is 1.16. The average molecular weight is 206 g/mol. The molecule has 0 fully saturated rings. The van der Waals surface area contributed by atoms with Gasteiger partial charge in [-0.2, -0.15) is 0 Å². The summed E-state index contributed by atoms with van der Waals surface area (Å²) in [5, 5.41) is 3.33. The molecule has 0 aliphatic rings. The van der Waals surface area contributed by atoms with Crippen LogP contribution in [-0.4, -0.2) is 17.6 Å². The molecule has 0 aromatic carbocycles. The SMILES string of the molecule is C=CCOc1ccc(CNC(C)C)cn1. The van der Waals surface area contributed by atoms with Crippen molar-refractivity contribution in [1.29, 1.82) is 0 Å². The van der Waals surface area contributed by atoms with Crippen LogP contribution in [0.4, 0.5) is 0 Å². The van der Waals surface area contributed by atoms with E-state index in [0.29, 0.717) is 18.5 Å². The summed E-state index contributed by atoms with van der Waals surface area (Å²) in [6.07, 6.45) is 3.53. The molecule has 1 aromatic heterocycles. The Hall–Kier alpha value is -1.35. The number of ether oxygens (including phenoxy) is 1. The van der Waals surface area contributed by atoms with Crippen LogP contribution in [0.5, 0.6) is 5.88 Å². The molecular weight excluding hydrogens is 188 g/mol. The van der Waals surface area contributed by atoms with Gasteiger partial charge in [0, 0.05) is 24.8 Å². The normalized spacial score (nSPS) is 10.3. The van der Waals surface area contributed by atoms with Crippen LogP contribution in [0.3, 0.4) is 0 Å². The molecule has 3 heteroatoms. The van der Waals surface area contributed by atoms with Crippen LogP contribution in [-0.2, 0) is 6.54 Å². The van der Waals surface area contributed by atoms with Gasteiger partial charge in [0.05, 0.1) is 0 Å². The van der Waals surface area contributed by atoms with Crippen LogP contribution in [0.2, 0.25) is 0 Å². The fourth-order valence-electron chi connectivity index (χ4n) is 1.07. The van der Waals surface area contributed by atoms with Crippen molar-refractivity contribution in [2.24, 2.45) is 0 Å². The Balaban J connectivity index is 2.45. The Kier molecular flexibility index (Phi) is 4.84. The summed E-state index contributed by atoms with van der Waals surface area (Å²) in [4.78, 5) is 4.18. The lowest BCUT2D eigenvalue weighted by Gasteiger charge is -2.08.